The fourth-order valence-corrected chi connectivity index (χ4v) is 2.16. The highest BCUT2D eigenvalue weighted by Crippen LogP contribution is 2.28. The molecule has 0 aliphatic rings. The minimum atomic E-state index is 0.382. The molecule has 0 saturated carbocycles. The molecule has 13 heavy (non-hydrogen) atoms. The molecule has 1 heteroatoms. The first kappa shape index (κ1) is 13.0. The molecule has 0 radical (unpaired) electrons. The Morgan fingerprint density at radius 2 is 1.46 bits per heavy atom. The fraction of sp³-hybridized carbons (Fsp3) is 1.00. The lowest BCUT2D eigenvalue weighted by molar-refractivity contribution is 0.186. The van der Waals surface area contributed by atoms with Gasteiger partial charge in [-0.3, -0.25) is 0 Å². The number of hydrogen-bond acceptors (Lipinski definition) is 1. The largest absolute Gasteiger partial charge is 0.313 e. The first-order valence-electron chi connectivity index (χ1n) is 5.70. The summed E-state index contributed by atoms with van der Waals surface area (Å²) in [5.41, 5.74) is 0.382. The Bertz CT molecular complexity index is 120. The van der Waals surface area contributed by atoms with Gasteiger partial charge in [0.2, 0.25) is 0 Å². The van der Waals surface area contributed by atoms with Crippen molar-refractivity contribution in [2.24, 2.45) is 11.3 Å². The molecule has 1 atom stereocenters. The van der Waals surface area contributed by atoms with E-state index in [0.29, 0.717) is 11.5 Å². The minimum Gasteiger partial charge on any atom is -0.313 e. The van der Waals surface area contributed by atoms with Crippen LogP contribution in [0.4, 0.5) is 0 Å². The van der Waals surface area contributed by atoms with Crippen molar-refractivity contribution in [2.75, 3.05) is 6.54 Å². The molecule has 1 unspecified atom stereocenters. The molecule has 0 spiro atoms. The molecule has 1 N–H and O–H groups in total. The van der Waals surface area contributed by atoms with Crippen LogP contribution in [0.15, 0.2) is 0 Å². The predicted molar refractivity (Wildman–Crippen MR) is 61.0 cm³/mol. The van der Waals surface area contributed by atoms with Crippen LogP contribution in [0.25, 0.3) is 0 Å². The van der Waals surface area contributed by atoms with Gasteiger partial charge in [0.15, 0.2) is 0 Å². The van der Waals surface area contributed by atoms with E-state index in [4.69, 9.17) is 0 Å². The molecular weight excluding hydrogens is 158 g/mol. The van der Waals surface area contributed by atoms with Crippen molar-refractivity contribution in [1.29, 1.82) is 0 Å². The summed E-state index contributed by atoms with van der Waals surface area (Å²) < 4.78 is 0. The first-order chi connectivity index (χ1) is 5.97. The van der Waals surface area contributed by atoms with Crippen LogP contribution in [0.2, 0.25) is 0 Å². The van der Waals surface area contributed by atoms with Gasteiger partial charge in [0.05, 0.1) is 0 Å². The van der Waals surface area contributed by atoms with E-state index >= 15 is 0 Å². The lowest BCUT2D eigenvalue weighted by Crippen LogP contribution is -2.45. The van der Waals surface area contributed by atoms with Gasteiger partial charge < -0.3 is 5.32 Å². The van der Waals surface area contributed by atoms with Crippen LogP contribution in [-0.2, 0) is 0 Å². The van der Waals surface area contributed by atoms with Crippen molar-refractivity contribution in [3.8, 4) is 0 Å². The maximum atomic E-state index is 3.62. The highest BCUT2D eigenvalue weighted by Gasteiger charge is 2.29. The average molecular weight is 185 g/mol. The van der Waals surface area contributed by atoms with Crippen LogP contribution in [0.5, 0.6) is 0 Å². The van der Waals surface area contributed by atoms with Gasteiger partial charge in [0.25, 0.3) is 0 Å². The topological polar surface area (TPSA) is 12.0 Å². The van der Waals surface area contributed by atoms with Gasteiger partial charge in [-0.2, -0.15) is 0 Å². The zero-order valence-electron chi connectivity index (χ0n) is 10.3. The summed E-state index contributed by atoms with van der Waals surface area (Å²) in [5.74, 6) is 0.819. The molecule has 0 aromatic heterocycles. The fourth-order valence-electron chi connectivity index (χ4n) is 2.16. The SMILES string of the molecule is CCNC(C(CC)CC)C(C)(C)C. The summed E-state index contributed by atoms with van der Waals surface area (Å²) in [6.07, 6.45) is 2.57. The number of hydrogen-bond donors (Lipinski definition) is 1. The lowest BCUT2D eigenvalue weighted by Gasteiger charge is -2.37. The third-order valence-electron chi connectivity index (χ3n) is 2.88. The van der Waals surface area contributed by atoms with E-state index in [-0.39, 0.29) is 0 Å². The maximum Gasteiger partial charge on any atom is 0.0143 e. The Hall–Kier alpha value is -0.0400. The van der Waals surface area contributed by atoms with E-state index in [0.717, 1.165) is 12.5 Å². The van der Waals surface area contributed by atoms with Gasteiger partial charge in [-0.1, -0.05) is 54.4 Å². The number of nitrogens with one attached hydrogen (secondary N) is 1. The molecule has 0 aromatic rings. The van der Waals surface area contributed by atoms with E-state index < -0.39 is 0 Å². The Kier molecular flexibility index (Phi) is 5.62. The molecule has 0 saturated heterocycles. The normalized spacial score (nSPS) is 15.0. The molecule has 0 rings (SSSR count). The van der Waals surface area contributed by atoms with Gasteiger partial charge in [0, 0.05) is 6.04 Å². The molecule has 0 aliphatic heterocycles. The molecule has 0 amide bonds. The Balaban J connectivity index is 4.38. The molecule has 0 fully saturated rings. The van der Waals surface area contributed by atoms with Gasteiger partial charge in [-0.15, -0.1) is 0 Å². The second-order valence-corrected chi connectivity index (χ2v) is 4.98. The van der Waals surface area contributed by atoms with Gasteiger partial charge in [-0.05, 0) is 17.9 Å². The zero-order chi connectivity index (χ0) is 10.5. The van der Waals surface area contributed by atoms with E-state index in [2.05, 4.69) is 46.9 Å². The van der Waals surface area contributed by atoms with Gasteiger partial charge in [-0.25, -0.2) is 0 Å². The summed E-state index contributed by atoms with van der Waals surface area (Å²) in [4.78, 5) is 0. The first-order valence-corrected chi connectivity index (χ1v) is 5.70. The third kappa shape index (κ3) is 4.12. The standard InChI is InChI=1S/C12H27N/c1-7-10(8-2)11(13-9-3)12(4,5)6/h10-11,13H,7-9H2,1-6H3. The van der Waals surface area contributed by atoms with Crippen LogP contribution in [0, 0.1) is 11.3 Å². The zero-order valence-corrected chi connectivity index (χ0v) is 10.3. The van der Waals surface area contributed by atoms with Crippen LogP contribution in [-0.4, -0.2) is 12.6 Å². The monoisotopic (exact) mass is 185 g/mol. The number of rotatable bonds is 5. The molecular formula is C12H27N. The molecule has 0 aromatic carbocycles. The van der Waals surface area contributed by atoms with Crippen molar-refractivity contribution in [2.45, 2.75) is 60.4 Å². The van der Waals surface area contributed by atoms with Crippen molar-refractivity contribution in [1.82, 2.24) is 5.32 Å². The van der Waals surface area contributed by atoms with Gasteiger partial charge in [0.1, 0.15) is 0 Å². The second-order valence-electron chi connectivity index (χ2n) is 4.98. The second kappa shape index (κ2) is 5.64. The maximum absolute atomic E-state index is 3.62. The third-order valence-corrected chi connectivity index (χ3v) is 2.88. The predicted octanol–water partition coefficient (Wildman–Crippen LogP) is 3.45. The van der Waals surface area contributed by atoms with Crippen molar-refractivity contribution in [3.05, 3.63) is 0 Å². The average Bonchev–Trinajstić information content (AvgIpc) is 2.03. The highest BCUT2D eigenvalue weighted by molar-refractivity contribution is 4.85. The minimum absolute atomic E-state index is 0.382. The molecule has 0 bridgehead atoms. The Morgan fingerprint density at radius 1 is 1.00 bits per heavy atom. The lowest BCUT2D eigenvalue weighted by atomic mass is 9.77. The summed E-state index contributed by atoms with van der Waals surface area (Å²) in [6, 6.07) is 0.660. The Morgan fingerprint density at radius 3 is 1.69 bits per heavy atom. The summed E-state index contributed by atoms with van der Waals surface area (Å²) in [5, 5.41) is 3.62. The van der Waals surface area contributed by atoms with Crippen LogP contribution in [0.1, 0.15) is 54.4 Å². The van der Waals surface area contributed by atoms with E-state index in [1.165, 1.54) is 12.8 Å². The van der Waals surface area contributed by atoms with Crippen molar-refractivity contribution < 1.29 is 0 Å². The van der Waals surface area contributed by atoms with Crippen LogP contribution < -0.4 is 5.32 Å². The van der Waals surface area contributed by atoms with E-state index in [1.54, 1.807) is 0 Å². The quantitative estimate of drug-likeness (QED) is 0.692. The summed E-state index contributed by atoms with van der Waals surface area (Å²) in [7, 11) is 0. The molecule has 80 valence electrons. The Labute approximate surface area is 84.3 Å². The summed E-state index contributed by atoms with van der Waals surface area (Å²) in [6.45, 7) is 14.9. The highest BCUT2D eigenvalue weighted by atomic mass is 14.9. The van der Waals surface area contributed by atoms with Crippen LogP contribution >= 0.6 is 0 Å². The van der Waals surface area contributed by atoms with E-state index in [9.17, 15) is 0 Å². The van der Waals surface area contributed by atoms with E-state index in [1.807, 2.05) is 0 Å². The molecule has 0 aliphatic carbocycles. The molecule has 0 heterocycles. The van der Waals surface area contributed by atoms with Crippen molar-refractivity contribution in [3.63, 3.8) is 0 Å². The van der Waals surface area contributed by atoms with Crippen molar-refractivity contribution >= 4 is 0 Å². The van der Waals surface area contributed by atoms with Crippen LogP contribution in [0.3, 0.4) is 0 Å². The molecule has 1 nitrogen and oxygen atoms in total. The summed E-state index contributed by atoms with van der Waals surface area (Å²) >= 11 is 0. The smallest absolute Gasteiger partial charge is 0.0143 e. The van der Waals surface area contributed by atoms with Gasteiger partial charge >= 0.3 is 0 Å².